The minimum atomic E-state index is -4.46. The number of hydrogen-bond acceptors (Lipinski definition) is 2. The summed E-state index contributed by atoms with van der Waals surface area (Å²) in [4.78, 5) is 10.7. The smallest absolute Gasteiger partial charge is 0.416 e. The first kappa shape index (κ1) is 15.3. The molecular weight excluding hydrogens is 263 g/mol. The lowest BCUT2D eigenvalue weighted by molar-refractivity contribution is -0.137. The summed E-state index contributed by atoms with van der Waals surface area (Å²) in [6, 6.07) is 2.95. The van der Waals surface area contributed by atoms with Gasteiger partial charge in [-0.1, -0.05) is 12.1 Å². The quantitative estimate of drug-likeness (QED) is 0.795. The van der Waals surface area contributed by atoms with Gasteiger partial charge in [-0.3, -0.25) is 0 Å². The zero-order valence-electron chi connectivity index (χ0n) is 10.3. The third-order valence-corrected chi connectivity index (χ3v) is 2.55. The number of hydrogen-bond donors (Lipinski definition) is 3. The minimum absolute atomic E-state index is 0.253. The molecule has 1 amide bonds. The predicted molar refractivity (Wildman–Crippen MR) is 61.6 cm³/mol. The van der Waals surface area contributed by atoms with Crippen LogP contribution in [0.25, 0.3) is 0 Å². The van der Waals surface area contributed by atoms with Crippen LogP contribution in [0.3, 0.4) is 0 Å². The molecule has 0 spiro atoms. The molecule has 1 unspecified atom stereocenters. The number of halogens is 3. The number of alkyl halides is 3. The molecule has 0 aromatic heterocycles. The van der Waals surface area contributed by atoms with E-state index in [4.69, 9.17) is 5.11 Å². The van der Waals surface area contributed by atoms with Gasteiger partial charge in [0, 0.05) is 0 Å². The van der Waals surface area contributed by atoms with Crippen LogP contribution in [0.4, 0.5) is 18.0 Å². The highest BCUT2D eigenvalue weighted by Crippen LogP contribution is 2.31. The summed E-state index contributed by atoms with van der Waals surface area (Å²) < 4.78 is 37.2. The molecule has 0 aliphatic heterocycles. The molecule has 0 saturated heterocycles. The first-order valence-electron chi connectivity index (χ1n) is 5.41. The van der Waals surface area contributed by atoms with Crippen molar-refractivity contribution in [2.45, 2.75) is 31.7 Å². The van der Waals surface area contributed by atoms with Crippen molar-refractivity contribution in [3.05, 3.63) is 35.4 Å². The third-order valence-electron chi connectivity index (χ3n) is 2.55. The second-order valence-corrected chi connectivity index (χ2v) is 4.66. The van der Waals surface area contributed by atoms with E-state index >= 15 is 0 Å². The van der Waals surface area contributed by atoms with Crippen LogP contribution >= 0.6 is 0 Å². The van der Waals surface area contributed by atoms with Gasteiger partial charge in [0.2, 0.25) is 0 Å². The van der Waals surface area contributed by atoms with Gasteiger partial charge in [-0.25, -0.2) is 4.79 Å². The zero-order valence-corrected chi connectivity index (χ0v) is 10.3. The number of benzene rings is 1. The molecule has 3 N–H and O–H groups in total. The lowest BCUT2D eigenvalue weighted by Gasteiger charge is -2.29. The van der Waals surface area contributed by atoms with E-state index in [9.17, 15) is 23.1 Å². The van der Waals surface area contributed by atoms with Crippen molar-refractivity contribution in [2.24, 2.45) is 0 Å². The summed E-state index contributed by atoms with van der Waals surface area (Å²) in [6.07, 6.45) is -5.82. The molecule has 19 heavy (non-hydrogen) atoms. The van der Waals surface area contributed by atoms with E-state index in [0.29, 0.717) is 0 Å². The van der Waals surface area contributed by atoms with Crippen molar-refractivity contribution >= 4 is 6.09 Å². The predicted octanol–water partition coefficient (Wildman–Crippen LogP) is 2.79. The van der Waals surface area contributed by atoms with E-state index in [0.717, 1.165) is 24.3 Å². The van der Waals surface area contributed by atoms with E-state index in [1.165, 1.54) is 13.8 Å². The van der Waals surface area contributed by atoms with Crippen molar-refractivity contribution < 1.29 is 28.2 Å². The molecule has 1 aromatic rings. The summed E-state index contributed by atoms with van der Waals surface area (Å²) in [5.74, 6) is 0. The molecule has 0 radical (unpaired) electrons. The topological polar surface area (TPSA) is 69.6 Å². The largest absolute Gasteiger partial charge is 0.465 e. The minimum Gasteiger partial charge on any atom is -0.465 e. The third kappa shape index (κ3) is 4.13. The Morgan fingerprint density at radius 3 is 2.00 bits per heavy atom. The maximum atomic E-state index is 12.4. The number of nitrogens with one attached hydrogen (secondary N) is 1. The molecule has 1 atom stereocenters. The molecule has 4 nitrogen and oxygen atoms in total. The molecule has 106 valence electrons. The highest BCUT2D eigenvalue weighted by Gasteiger charge is 2.33. The second-order valence-electron chi connectivity index (χ2n) is 4.66. The molecule has 0 aliphatic rings. The molecule has 0 saturated carbocycles. The lowest BCUT2D eigenvalue weighted by atomic mass is 9.91. The molecule has 1 rings (SSSR count). The van der Waals surface area contributed by atoms with E-state index < -0.39 is 29.5 Å². The number of amides is 1. The van der Waals surface area contributed by atoms with Crippen LogP contribution < -0.4 is 5.32 Å². The van der Waals surface area contributed by atoms with Crippen LogP contribution in [-0.4, -0.2) is 21.9 Å². The average Bonchev–Trinajstić information content (AvgIpc) is 2.23. The molecule has 0 fully saturated rings. The van der Waals surface area contributed by atoms with Gasteiger partial charge in [-0.05, 0) is 31.5 Å². The van der Waals surface area contributed by atoms with Gasteiger partial charge in [0.25, 0.3) is 0 Å². The maximum Gasteiger partial charge on any atom is 0.416 e. The van der Waals surface area contributed by atoms with Crippen LogP contribution in [0.2, 0.25) is 0 Å². The van der Waals surface area contributed by atoms with Crippen molar-refractivity contribution in [1.82, 2.24) is 5.32 Å². The van der Waals surface area contributed by atoms with Crippen LogP contribution in [-0.2, 0) is 6.18 Å². The van der Waals surface area contributed by atoms with Gasteiger partial charge >= 0.3 is 12.3 Å². The molecule has 1 aromatic carbocycles. The standard InChI is InChI=1S/C12H14F3NO3/c1-11(2,19)9(16-10(17)18)7-3-5-8(6-4-7)12(13,14)15/h3-6,9,16,19H,1-2H3,(H,17,18). The molecule has 7 heteroatoms. The zero-order chi connectivity index (χ0) is 14.8. The van der Waals surface area contributed by atoms with Gasteiger partial charge in [-0.15, -0.1) is 0 Å². The van der Waals surface area contributed by atoms with Crippen LogP contribution in [0.1, 0.15) is 31.0 Å². The fourth-order valence-electron chi connectivity index (χ4n) is 1.66. The Kier molecular flexibility index (Phi) is 4.09. The number of rotatable bonds is 3. The monoisotopic (exact) mass is 277 g/mol. The number of carboxylic acid groups (broad SMARTS) is 1. The van der Waals surface area contributed by atoms with Gasteiger partial charge in [0.1, 0.15) is 0 Å². The van der Waals surface area contributed by atoms with Gasteiger partial charge in [0.15, 0.2) is 0 Å². The highest BCUT2D eigenvalue weighted by atomic mass is 19.4. The van der Waals surface area contributed by atoms with Gasteiger partial charge in [-0.2, -0.15) is 13.2 Å². The number of aliphatic hydroxyl groups is 1. The van der Waals surface area contributed by atoms with Crippen LogP contribution in [0.15, 0.2) is 24.3 Å². The maximum absolute atomic E-state index is 12.4. The van der Waals surface area contributed by atoms with Crippen LogP contribution in [0, 0.1) is 0 Å². The van der Waals surface area contributed by atoms with Crippen molar-refractivity contribution in [3.8, 4) is 0 Å². The summed E-state index contributed by atoms with van der Waals surface area (Å²) in [7, 11) is 0. The Bertz CT molecular complexity index is 449. The fourth-order valence-corrected chi connectivity index (χ4v) is 1.66. The first-order chi connectivity index (χ1) is 8.51. The summed E-state index contributed by atoms with van der Waals surface area (Å²) in [6.45, 7) is 2.73. The van der Waals surface area contributed by atoms with E-state index in [-0.39, 0.29) is 5.56 Å². The fraction of sp³-hybridized carbons (Fsp3) is 0.417. The SMILES string of the molecule is CC(C)(O)C(NC(=O)O)c1ccc(C(F)(F)F)cc1. The summed E-state index contributed by atoms with van der Waals surface area (Å²) >= 11 is 0. The van der Waals surface area contributed by atoms with Crippen LogP contribution in [0.5, 0.6) is 0 Å². The molecule has 0 heterocycles. The Hall–Kier alpha value is -1.76. The summed E-state index contributed by atoms with van der Waals surface area (Å²) in [5.41, 5.74) is -2.03. The molecule has 0 bridgehead atoms. The van der Waals surface area contributed by atoms with Gasteiger partial charge in [0.05, 0.1) is 17.2 Å². The Morgan fingerprint density at radius 2 is 1.68 bits per heavy atom. The normalized spacial score (nSPS) is 14.0. The average molecular weight is 277 g/mol. The van der Waals surface area contributed by atoms with Gasteiger partial charge < -0.3 is 15.5 Å². The highest BCUT2D eigenvalue weighted by molar-refractivity contribution is 5.65. The Labute approximate surface area is 107 Å². The molecule has 0 aliphatic carbocycles. The number of carbonyl (C=O) groups is 1. The van der Waals surface area contributed by atoms with Crippen molar-refractivity contribution in [2.75, 3.05) is 0 Å². The lowest BCUT2D eigenvalue weighted by Crippen LogP contribution is -2.41. The Morgan fingerprint density at radius 1 is 1.21 bits per heavy atom. The van der Waals surface area contributed by atoms with Crippen molar-refractivity contribution in [3.63, 3.8) is 0 Å². The summed E-state index contributed by atoms with van der Waals surface area (Å²) in [5, 5.41) is 20.6. The van der Waals surface area contributed by atoms with E-state index in [1.54, 1.807) is 0 Å². The second kappa shape index (κ2) is 5.08. The van der Waals surface area contributed by atoms with Crippen molar-refractivity contribution in [1.29, 1.82) is 0 Å². The van der Waals surface area contributed by atoms with E-state index in [2.05, 4.69) is 5.32 Å². The first-order valence-corrected chi connectivity index (χ1v) is 5.41. The van der Waals surface area contributed by atoms with E-state index in [1.807, 2.05) is 0 Å². The molecular formula is C12H14F3NO3. The Balaban J connectivity index is 3.08.